The molecule has 5 nitrogen and oxygen atoms in total. The van der Waals surface area contributed by atoms with Crippen LogP contribution < -0.4 is 0 Å². The molecule has 0 unspecified atom stereocenters. The van der Waals surface area contributed by atoms with Gasteiger partial charge in [-0.05, 0) is 65.4 Å². The summed E-state index contributed by atoms with van der Waals surface area (Å²) in [5.41, 5.74) is 9.01. The molecule has 0 atom stereocenters. The Hall–Kier alpha value is -4.25. The monoisotopic (exact) mass is 461 g/mol. The second-order valence-corrected chi connectivity index (χ2v) is 8.85. The molecule has 174 valence electrons. The van der Waals surface area contributed by atoms with Crippen LogP contribution in [0.5, 0.6) is 0 Å². The number of hydrogen-bond donors (Lipinski definition) is 1. The highest BCUT2D eigenvalue weighted by Gasteiger charge is 2.16. The summed E-state index contributed by atoms with van der Waals surface area (Å²) in [4.78, 5) is 21.6. The van der Waals surface area contributed by atoms with Gasteiger partial charge >= 0.3 is 5.97 Å². The highest BCUT2D eigenvalue weighted by atomic mass is 16.4. The van der Waals surface area contributed by atoms with Crippen molar-refractivity contribution in [1.29, 1.82) is 0 Å². The van der Waals surface area contributed by atoms with Crippen LogP contribution in [0.25, 0.3) is 33.4 Å². The first-order valence-corrected chi connectivity index (χ1v) is 11.8. The van der Waals surface area contributed by atoms with Gasteiger partial charge in [-0.3, -0.25) is 0 Å². The number of imidazole rings is 1. The molecular weight excluding hydrogens is 434 g/mol. The van der Waals surface area contributed by atoms with E-state index in [1.54, 1.807) is 6.07 Å². The van der Waals surface area contributed by atoms with E-state index in [2.05, 4.69) is 36.6 Å². The average Bonchev–Trinajstić information content (AvgIpc) is 3.22. The van der Waals surface area contributed by atoms with Crippen LogP contribution in [0.1, 0.15) is 39.9 Å². The number of pyridine rings is 1. The molecule has 0 spiro atoms. The second kappa shape index (κ2) is 9.18. The fourth-order valence-electron chi connectivity index (χ4n) is 4.64. The molecular formula is C30H27N3O2. The van der Waals surface area contributed by atoms with Gasteiger partial charge in [0.1, 0.15) is 11.3 Å². The van der Waals surface area contributed by atoms with Crippen molar-refractivity contribution in [1.82, 2.24) is 14.5 Å². The van der Waals surface area contributed by atoms with E-state index < -0.39 is 5.97 Å². The first-order valence-electron chi connectivity index (χ1n) is 11.8. The Kier molecular flexibility index (Phi) is 5.91. The van der Waals surface area contributed by atoms with Crippen LogP contribution in [0, 0.1) is 13.8 Å². The van der Waals surface area contributed by atoms with Gasteiger partial charge in [0.05, 0.1) is 12.1 Å². The fraction of sp³-hybridized carbons (Fsp3) is 0.167. The number of fused-ring (bicyclic) bond motifs is 1. The normalized spacial score (nSPS) is 11.2. The fourth-order valence-corrected chi connectivity index (χ4v) is 4.64. The molecule has 35 heavy (non-hydrogen) atoms. The lowest BCUT2D eigenvalue weighted by Crippen LogP contribution is -2.06. The van der Waals surface area contributed by atoms with E-state index in [0.717, 1.165) is 56.9 Å². The second-order valence-electron chi connectivity index (χ2n) is 8.85. The van der Waals surface area contributed by atoms with Crippen molar-refractivity contribution in [3.05, 3.63) is 107 Å². The van der Waals surface area contributed by atoms with Gasteiger partial charge in [0.2, 0.25) is 0 Å². The Balaban J connectivity index is 1.52. The minimum absolute atomic E-state index is 0.293. The summed E-state index contributed by atoms with van der Waals surface area (Å²) >= 11 is 0. The molecule has 0 bridgehead atoms. The molecule has 0 aliphatic heterocycles. The molecule has 2 aromatic heterocycles. The summed E-state index contributed by atoms with van der Waals surface area (Å²) in [6, 6.07) is 25.7. The van der Waals surface area contributed by atoms with Crippen LogP contribution in [0.15, 0.2) is 78.9 Å². The quantitative estimate of drug-likeness (QED) is 0.306. The van der Waals surface area contributed by atoms with E-state index in [1.807, 2.05) is 61.5 Å². The third kappa shape index (κ3) is 4.33. The predicted octanol–water partition coefficient (Wildman–Crippen LogP) is 6.69. The maximum absolute atomic E-state index is 12.0. The Morgan fingerprint density at radius 3 is 2.26 bits per heavy atom. The maximum atomic E-state index is 12.0. The molecule has 1 N–H and O–H groups in total. The molecule has 0 aliphatic carbocycles. The third-order valence-electron chi connectivity index (χ3n) is 6.38. The van der Waals surface area contributed by atoms with Crippen LogP contribution in [-0.2, 0) is 13.0 Å². The summed E-state index contributed by atoms with van der Waals surface area (Å²) in [5, 5.41) is 9.80. The molecule has 0 fully saturated rings. The van der Waals surface area contributed by atoms with E-state index in [-0.39, 0.29) is 0 Å². The predicted molar refractivity (Wildman–Crippen MR) is 140 cm³/mol. The largest absolute Gasteiger partial charge is 0.478 e. The average molecular weight is 462 g/mol. The Labute approximate surface area is 204 Å². The van der Waals surface area contributed by atoms with Crippen molar-refractivity contribution in [2.75, 3.05) is 0 Å². The van der Waals surface area contributed by atoms with E-state index in [9.17, 15) is 9.90 Å². The number of nitrogens with zero attached hydrogens (tertiary/aromatic N) is 3. The van der Waals surface area contributed by atoms with Gasteiger partial charge < -0.3 is 9.67 Å². The van der Waals surface area contributed by atoms with Crippen molar-refractivity contribution in [3.8, 4) is 22.3 Å². The Bertz CT molecular complexity index is 1530. The van der Waals surface area contributed by atoms with Gasteiger partial charge in [0.25, 0.3) is 0 Å². The highest BCUT2D eigenvalue weighted by molar-refractivity contribution is 5.97. The Morgan fingerprint density at radius 2 is 1.57 bits per heavy atom. The maximum Gasteiger partial charge on any atom is 0.336 e. The van der Waals surface area contributed by atoms with Crippen molar-refractivity contribution >= 4 is 17.1 Å². The smallest absolute Gasteiger partial charge is 0.336 e. The van der Waals surface area contributed by atoms with E-state index >= 15 is 0 Å². The minimum atomic E-state index is -0.932. The third-order valence-corrected chi connectivity index (χ3v) is 6.38. The molecule has 0 saturated heterocycles. The zero-order valence-electron chi connectivity index (χ0n) is 20.1. The molecule has 0 radical (unpaired) electrons. The first-order chi connectivity index (χ1) is 16.9. The van der Waals surface area contributed by atoms with Gasteiger partial charge in [-0.15, -0.1) is 0 Å². The van der Waals surface area contributed by atoms with Gasteiger partial charge in [0, 0.05) is 12.1 Å². The van der Waals surface area contributed by atoms with Gasteiger partial charge in [-0.2, -0.15) is 0 Å². The molecule has 0 amide bonds. The van der Waals surface area contributed by atoms with Crippen molar-refractivity contribution in [2.24, 2.45) is 0 Å². The lowest BCUT2D eigenvalue weighted by Gasteiger charge is -2.12. The van der Waals surface area contributed by atoms with Crippen LogP contribution in [0.4, 0.5) is 0 Å². The molecule has 0 aliphatic rings. The lowest BCUT2D eigenvalue weighted by molar-refractivity contribution is 0.0697. The van der Waals surface area contributed by atoms with Crippen LogP contribution in [-0.4, -0.2) is 25.6 Å². The van der Waals surface area contributed by atoms with Gasteiger partial charge in [-0.25, -0.2) is 14.8 Å². The van der Waals surface area contributed by atoms with Crippen molar-refractivity contribution in [2.45, 2.75) is 33.7 Å². The first kappa shape index (κ1) is 22.5. The lowest BCUT2D eigenvalue weighted by atomic mass is 9.94. The van der Waals surface area contributed by atoms with Gasteiger partial charge in [-0.1, -0.05) is 67.6 Å². The Morgan fingerprint density at radius 1 is 0.857 bits per heavy atom. The number of aromatic nitrogens is 3. The molecule has 5 heteroatoms. The summed E-state index contributed by atoms with van der Waals surface area (Å²) < 4.78 is 2.18. The molecule has 0 saturated carbocycles. The summed E-state index contributed by atoms with van der Waals surface area (Å²) in [6.07, 6.45) is 0.821. The number of hydrogen-bond acceptors (Lipinski definition) is 3. The van der Waals surface area contributed by atoms with E-state index in [1.165, 1.54) is 0 Å². The van der Waals surface area contributed by atoms with E-state index in [0.29, 0.717) is 17.7 Å². The van der Waals surface area contributed by atoms with Crippen LogP contribution in [0.2, 0.25) is 0 Å². The van der Waals surface area contributed by atoms with Crippen LogP contribution >= 0.6 is 0 Å². The number of carbonyl (C=O) groups is 1. The summed E-state index contributed by atoms with van der Waals surface area (Å²) in [6.45, 7) is 6.85. The molecule has 5 aromatic rings. The zero-order chi connectivity index (χ0) is 24.5. The van der Waals surface area contributed by atoms with Crippen LogP contribution in [0.3, 0.4) is 0 Å². The zero-order valence-corrected chi connectivity index (χ0v) is 20.1. The van der Waals surface area contributed by atoms with Gasteiger partial charge in [0.15, 0.2) is 5.65 Å². The molecule has 2 heterocycles. The SMILES string of the molecule is CCc1nc2c(C)cc(C)nc2n1Cc1ccc(-c2cc(-c3ccccc3)ccc2C(=O)O)cc1. The van der Waals surface area contributed by atoms with Crippen molar-refractivity contribution in [3.63, 3.8) is 0 Å². The number of benzene rings is 3. The van der Waals surface area contributed by atoms with Crippen molar-refractivity contribution < 1.29 is 9.90 Å². The molecule has 3 aromatic carbocycles. The summed E-state index contributed by atoms with van der Waals surface area (Å²) in [5.74, 6) is 0.0759. The topological polar surface area (TPSA) is 68.0 Å². The number of rotatable bonds is 6. The standard InChI is InChI=1S/C30H27N3O2/c1-4-27-32-28-19(2)16-20(3)31-29(28)33(27)18-21-10-12-23(13-11-21)26-17-24(14-15-25(26)30(34)35)22-8-6-5-7-9-22/h5-17H,4,18H2,1-3H3,(H,34,35). The highest BCUT2D eigenvalue weighted by Crippen LogP contribution is 2.30. The number of carboxylic acids is 1. The minimum Gasteiger partial charge on any atom is -0.478 e. The number of aryl methyl sites for hydroxylation is 3. The number of aromatic carboxylic acids is 1. The number of carboxylic acid groups (broad SMARTS) is 1. The summed E-state index contributed by atoms with van der Waals surface area (Å²) in [7, 11) is 0. The molecule has 5 rings (SSSR count). The van der Waals surface area contributed by atoms with E-state index in [4.69, 9.17) is 9.97 Å².